The number of carbonyl (C=O) groups is 1. The van der Waals surface area contributed by atoms with Crippen LogP contribution in [0.4, 0.5) is 0 Å². The molecule has 2 rings (SSSR count). The smallest absolute Gasteiger partial charge is 0.261 e. The molecule has 0 radical (unpaired) electrons. The fourth-order valence-corrected chi connectivity index (χ4v) is 2.09. The Morgan fingerprint density at radius 1 is 1.08 bits per heavy atom. The van der Waals surface area contributed by atoms with Crippen LogP contribution in [0.15, 0.2) is 47.6 Å². The highest BCUT2D eigenvalue weighted by Gasteiger charge is 2.06. The van der Waals surface area contributed by atoms with Crippen molar-refractivity contribution in [2.45, 2.75) is 13.5 Å². The van der Waals surface area contributed by atoms with Gasteiger partial charge in [0.2, 0.25) is 0 Å². The lowest BCUT2D eigenvalue weighted by Crippen LogP contribution is -2.26. The van der Waals surface area contributed by atoms with E-state index in [1.165, 1.54) is 5.56 Å². The summed E-state index contributed by atoms with van der Waals surface area (Å²) < 4.78 is 10.4. The molecule has 25 heavy (non-hydrogen) atoms. The molecule has 0 atom stereocenters. The van der Waals surface area contributed by atoms with Crippen molar-refractivity contribution in [1.29, 1.82) is 0 Å². The number of methoxy groups -OCH3 is 2. The van der Waals surface area contributed by atoms with Crippen molar-refractivity contribution in [3.05, 3.63) is 59.2 Å². The largest absolute Gasteiger partial charge is 0.493 e. The predicted octanol–water partition coefficient (Wildman–Crippen LogP) is 2.68. The Morgan fingerprint density at radius 2 is 1.80 bits per heavy atom. The fourth-order valence-electron chi connectivity index (χ4n) is 2.09. The van der Waals surface area contributed by atoms with Crippen LogP contribution in [0, 0.1) is 6.92 Å². The standard InChI is InChI=1S/C19H22N2O4/c1-14-4-6-15(7-5-14)12-21-25-13-19(22)20-11-16-8-9-17(23-2)18(10-16)24-3/h4-10,12H,11,13H2,1-3H3,(H,20,22)/b21-12-. The van der Waals surface area contributed by atoms with Crippen LogP contribution in [-0.4, -0.2) is 32.9 Å². The van der Waals surface area contributed by atoms with E-state index in [0.29, 0.717) is 18.0 Å². The lowest BCUT2D eigenvalue weighted by molar-refractivity contribution is -0.125. The van der Waals surface area contributed by atoms with Crippen LogP contribution in [0.25, 0.3) is 0 Å². The minimum atomic E-state index is -0.254. The Morgan fingerprint density at radius 3 is 2.48 bits per heavy atom. The van der Waals surface area contributed by atoms with Crippen molar-refractivity contribution < 1.29 is 19.1 Å². The van der Waals surface area contributed by atoms with E-state index in [9.17, 15) is 4.79 Å². The first-order valence-corrected chi connectivity index (χ1v) is 7.82. The average Bonchev–Trinajstić information content (AvgIpc) is 2.64. The van der Waals surface area contributed by atoms with Gasteiger partial charge in [-0.25, -0.2) is 0 Å². The number of nitrogens with one attached hydrogen (secondary N) is 1. The van der Waals surface area contributed by atoms with E-state index < -0.39 is 0 Å². The molecule has 6 nitrogen and oxygen atoms in total. The van der Waals surface area contributed by atoms with Gasteiger partial charge in [-0.05, 0) is 30.2 Å². The summed E-state index contributed by atoms with van der Waals surface area (Å²) in [6.07, 6.45) is 1.57. The molecule has 2 aromatic carbocycles. The molecule has 1 amide bonds. The zero-order valence-electron chi connectivity index (χ0n) is 14.6. The molecular formula is C19H22N2O4. The third-order valence-electron chi connectivity index (χ3n) is 3.49. The Labute approximate surface area is 147 Å². The maximum atomic E-state index is 11.8. The SMILES string of the molecule is COc1ccc(CNC(=O)CO/N=C\c2ccc(C)cc2)cc1OC. The second-order valence-electron chi connectivity index (χ2n) is 5.38. The van der Waals surface area contributed by atoms with Crippen molar-refractivity contribution in [2.24, 2.45) is 5.16 Å². The van der Waals surface area contributed by atoms with Gasteiger partial charge in [-0.3, -0.25) is 4.79 Å². The molecule has 0 aliphatic heterocycles. The monoisotopic (exact) mass is 342 g/mol. The molecule has 0 aliphatic carbocycles. The highest BCUT2D eigenvalue weighted by Crippen LogP contribution is 2.27. The van der Waals surface area contributed by atoms with Crippen molar-refractivity contribution >= 4 is 12.1 Å². The van der Waals surface area contributed by atoms with Gasteiger partial charge in [-0.15, -0.1) is 0 Å². The summed E-state index contributed by atoms with van der Waals surface area (Å²) in [5, 5.41) is 6.55. The van der Waals surface area contributed by atoms with Gasteiger partial charge in [0.25, 0.3) is 5.91 Å². The van der Waals surface area contributed by atoms with Crippen LogP contribution < -0.4 is 14.8 Å². The zero-order valence-corrected chi connectivity index (χ0v) is 14.6. The second-order valence-corrected chi connectivity index (χ2v) is 5.38. The van der Waals surface area contributed by atoms with Gasteiger partial charge in [0, 0.05) is 6.54 Å². The molecular weight excluding hydrogens is 320 g/mol. The van der Waals surface area contributed by atoms with Crippen LogP contribution in [0.2, 0.25) is 0 Å². The number of aryl methyl sites for hydroxylation is 1. The van der Waals surface area contributed by atoms with E-state index in [2.05, 4.69) is 10.5 Å². The fraction of sp³-hybridized carbons (Fsp3) is 0.263. The van der Waals surface area contributed by atoms with Gasteiger partial charge in [0.15, 0.2) is 18.1 Å². The Hall–Kier alpha value is -3.02. The number of benzene rings is 2. The third-order valence-corrected chi connectivity index (χ3v) is 3.49. The molecule has 0 unspecified atom stereocenters. The summed E-state index contributed by atoms with van der Waals surface area (Å²) in [6.45, 7) is 2.24. The number of hydrogen-bond acceptors (Lipinski definition) is 5. The van der Waals surface area contributed by atoms with Gasteiger partial charge < -0.3 is 19.6 Å². The molecule has 0 aliphatic rings. The van der Waals surface area contributed by atoms with E-state index in [4.69, 9.17) is 14.3 Å². The molecule has 0 saturated heterocycles. The third kappa shape index (κ3) is 5.84. The molecule has 132 valence electrons. The molecule has 0 fully saturated rings. The topological polar surface area (TPSA) is 69.2 Å². The zero-order chi connectivity index (χ0) is 18.1. The molecule has 0 aromatic heterocycles. The lowest BCUT2D eigenvalue weighted by atomic mass is 10.2. The molecule has 2 aromatic rings. The summed E-state index contributed by atoms with van der Waals surface area (Å²) in [5.74, 6) is 1.01. The van der Waals surface area contributed by atoms with Crippen molar-refractivity contribution in [3.8, 4) is 11.5 Å². The maximum Gasteiger partial charge on any atom is 0.261 e. The minimum Gasteiger partial charge on any atom is -0.493 e. The van der Waals surface area contributed by atoms with Crippen LogP contribution in [-0.2, 0) is 16.2 Å². The number of rotatable bonds is 8. The average molecular weight is 342 g/mol. The Balaban J connectivity index is 1.76. The summed E-state index contributed by atoms with van der Waals surface area (Å²) in [4.78, 5) is 16.8. The molecule has 0 heterocycles. The maximum absolute atomic E-state index is 11.8. The quantitative estimate of drug-likeness (QED) is 0.591. The predicted molar refractivity (Wildman–Crippen MR) is 96.1 cm³/mol. The van der Waals surface area contributed by atoms with Gasteiger partial charge >= 0.3 is 0 Å². The summed E-state index contributed by atoms with van der Waals surface area (Å²) in [6, 6.07) is 13.3. The van der Waals surface area contributed by atoms with E-state index in [1.54, 1.807) is 26.5 Å². The number of hydrogen-bond donors (Lipinski definition) is 1. The van der Waals surface area contributed by atoms with Gasteiger partial charge in [-0.2, -0.15) is 0 Å². The van der Waals surface area contributed by atoms with Gasteiger partial charge in [0.05, 0.1) is 20.4 Å². The van der Waals surface area contributed by atoms with E-state index in [1.807, 2.05) is 43.3 Å². The first kappa shape index (κ1) is 18.3. The molecule has 0 spiro atoms. The van der Waals surface area contributed by atoms with Crippen LogP contribution in [0.5, 0.6) is 11.5 Å². The second kappa shape index (κ2) is 9.32. The van der Waals surface area contributed by atoms with Crippen LogP contribution in [0.3, 0.4) is 0 Å². The molecule has 0 bridgehead atoms. The highest BCUT2D eigenvalue weighted by molar-refractivity contribution is 5.79. The van der Waals surface area contributed by atoms with Crippen LogP contribution in [0.1, 0.15) is 16.7 Å². The molecule has 1 N–H and O–H groups in total. The van der Waals surface area contributed by atoms with Gasteiger partial charge in [-0.1, -0.05) is 41.1 Å². The molecule has 6 heteroatoms. The number of ether oxygens (including phenoxy) is 2. The van der Waals surface area contributed by atoms with Crippen molar-refractivity contribution in [1.82, 2.24) is 5.32 Å². The molecule has 0 saturated carbocycles. The normalized spacial score (nSPS) is 10.5. The van der Waals surface area contributed by atoms with E-state index in [0.717, 1.165) is 11.1 Å². The summed E-state index contributed by atoms with van der Waals surface area (Å²) in [5.41, 5.74) is 2.98. The lowest BCUT2D eigenvalue weighted by Gasteiger charge is -2.10. The summed E-state index contributed by atoms with van der Waals surface area (Å²) >= 11 is 0. The Bertz CT molecular complexity index is 727. The number of amides is 1. The van der Waals surface area contributed by atoms with Crippen molar-refractivity contribution in [2.75, 3.05) is 20.8 Å². The first-order valence-electron chi connectivity index (χ1n) is 7.82. The Kier molecular flexibility index (Phi) is 6.83. The number of oxime groups is 1. The number of carbonyl (C=O) groups excluding carboxylic acids is 1. The van der Waals surface area contributed by atoms with Gasteiger partial charge in [0.1, 0.15) is 0 Å². The van der Waals surface area contributed by atoms with Crippen LogP contribution >= 0.6 is 0 Å². The van der Waals surface area contributed by atoms with Crippen molar-refractivity contribution in [3.63, 3.8) is 0 Å². The summed E-state index contributed by atoms with van der Waals surface area (Å²) in [7, 11) is 3.15. The number of nitrogens with zero attached hydrogens (tertiary/aromatic N) is 1. The van der Waals surface area contributed by atoms with E-state index in [-0.39, 0.29) is 12.5 Å². The van der Waals surface area contributed by atoms with E-state index >= 15 is 0 Å². The first-order chi connectivity index (χ1) is 12.1. The highest BCUT2D eigenvalue weighted by atomic mass is 16.6. The minimum absolute atomic E-state index is 0.143.